The highest BCUT2D eigenvalue weighted by molar-refractivity contribution is 6.28. The molecule has 1 aromatic rings. The minimum Gasteiger partial charge on any atom is -0.334 e. The molecule has 0 atom stereocenters. The fourth-order valence-corrected chi connectivity index (χ4v) is 2.86. The number of urea groups is 1. The molecule has 5 heteroatoms. The quantitative estimate of drug-likeness (QED) is 0.798. The van der Waals surface area contributed by atoms with E-state index in [1.165, 1.54) is 6.42 Å². The lowest BCUT2D eigenvalue weighted by Gasteiger charge is -2.24. The maximum atomic E-state index is 12.2. The van der Waals surface area contributed by atoms with Crippen molar-refractivity contribution in [3.05, 3.63) is 35.4 Å². The normalized spacial score (nSPS) is 19.1. The smallest absolute Gasteiger partial charge is 0.331 e. The van der Waals surface area contributed by atoms with Crippen LogP contribution in [0.15, 0.2) is 24.3 Å². The summed E-state index contributed by atoms with van der Waals surface area (Å²) in [6.45, 7) is 0. The zero-order valence-electron chi connectivity index (χ0n) is 11.1. The molecule has 1 heterocycles. The van der Waals surface area contributed by atoms with Crippen LogP contribution in [0.25, 0.3) is 0 Å². The molecule has 5 nitrogen and oxygen atoms in total. The number of fused-ring (bicyclic) bond motifs is 1. The summed E-state index contributed by atoms with van der Waals surface area (Å²) < 4.78 is 0. The van der Waals surface area contributed by atoms with Gasteiger partial charge in [0.05, 0.1) is 11.1 Å². The molecule has 1 aromatic carbocycles. The first-order valence-corrected chi connectivity index (χ1v) is 6.97. The predicted octanol–water partition coefficient (Wildman–Crippen LogP) is 2.32. The van der Waals surface area contributed by atoms with Crippen LogP contribution < -0.4 is 5.32 Å². The van der Waals surface area contributed by atoms with E-state index in [1.807, 2.05) is 0 Å². The Morgan fingerprint density at radius 2 is 1.55 bits per heavy atom. The fraction of sp³-hybridized carbons (Fsp3) is 0.400. The van der Waals surface area contributed by atoms with Crippen LogP contribution in [-0.2, 0) is 0 Å². The van der Waals surface area contributed by atoms with E-state index < -0.39 is 17.8 Å². The van der Waals surface area contributed by atoms with Crippen LogP contribution in [0, 0.1) is 0 Å². The topological polar surface area (TPSA) is 66.5 Å². The van der Waals surface area contributed by atoms with Gasteiger partial charge < -0.3 is 5.32 Å². The van der Waals surface area contributed by atoms with E-state index in [2.05, 4.69) is 5.32 Å². The van der Waals surface area contributed by atoms with Crippen LogP contribution in [0.3, 0.4) is 0 Å². The molecule has 0 saturated heterocycles. The maximum absolute atomic E-state index is 12.2. The molecule has 3 rings (SSSR count). The molecule has 1 fully saturated rings. The summed E-state index contributed by atoms with van der Waals surface area (Å²) in [6, 6.07) is 6.00. The third-order valence-electron chi connectivity index (χ3n) is 3.93. The number of nitrogens with one attached hydrogen (secondary N) is 1. The highest BCUT2D eigenvalue weighted by Gasteiger charge is 2.40. The highest BCUT2D eigenvalue weighted by atomic mass is 16.2. The molecule has 0 spiro atoms. The first kappa shape index (κ1) is 12.8. The minimum absolute atomic E-state index is 0.0700. The Hall–Kier alpha value is -2.17. The van der Waals surface area contributed by atoms with Crippen LogP contribution in [0.5, 0.6) is 0 Å². The van der Waals surface area contributed by atoms with Crippen molar-refractivity contribution in [3.63, 3.8) is 0 Å². The second-order valence-electron chi connectivity index (χ2n) is 5.28. The minimum atomic E-state index is -0.594. The summed E-state index contributed by atoms with van der Waals surface area (Å²) in [7, 11) is 0. The first-order chi connectivity index (χ1) is 9.68. The zero-order chi connectivity index (χ0) is 14.1. The number of hydrogen-bond donors (Lipinski definition) is 1. The van der Waals surface area contributed by atoms with Gasteiger partial charge in [0.2, 0.25) is 0 Å². The first-order valence-electron chi connectivity index (χ1n) is 6.97. The molecule has 1 aliphatic heterocycles. The second kappa shape index (κ2) is 5.07. The van der Waals surface area contributed by atoms with E-state index in [0.717, 1.165) is 30.6 Å². The molecule has 0 aromatic heterocycles. The molecule has 104 valence electrons. The van der Waals surface area contributed by atoms with E-state index in [0.29, 0.717) is 11.1 Å². The molecule has 4 amide bonds. The molecule has 0 radical (unpaired) electrons. The summed E-state index contributed by atoms with van der Waals surface area (Å²) in [5.74, 6) is -1.06. The van der Waals surface area contributed by atoms with E-state index in [1.54, 1.807) is 24.3 Å². The van der Waals surface area contributed by atoms with E-state index in [9.17, 15) is 14.4 Å². The zero-order valence-corrected chi connectivity index (χ0v) is 11.1. The molecular formula is C15H16N2O3. The summed E-state index contributed by atoms with van der Waals surface area (Å²) >= 11 is 0. The molecule has 0 bridgehead atoms. The predicted molar refractivity (Wildman–Crippen MR) is 72.3 cm³/mol. The molecule has 2 aliphatic rings. The number of amides is 4. The van der Waals surface area contributed by atoms with Crippen molar-refractivity contribution in [3.8, 4) is 0 Å². The van der Waals surface area contributed by atoms with Gasteiger partial charge in [0.1, 0.15) is 0 Å². The van der Waals surface area contributed by atoms with Gasteiger partial charge in [0.15, 0.2) is 0 Å². The summed E-state index contributed by atoms with van der Waals surface area (Å²) in [5, 5.41) is 2.80. The van der Waals surface area contributed by atoms with Gasteiger partial charge in [-0.3, -0.25) is 9.59 Å². The van der Waals surface area contributed by atoms with Gasteiger partial charge in [-0.15, -0.1) is 0 Å². The van der Waals surface area contributed by atoms with Crippen LogP contribution >= 0.6 is 0 Å². The monoisotopic (exact) mass is 272 g/mol. The van der Waals surface area contributed by atoms with Crippen molar-refractivity contribution in [1.82, 2.24) is 10.2 Å². The van der Waals surface area contributed by atoms with Crippen molar-refractivity contribution in [2.24, 2.45) is 0 Å². The molecule has 1 N–H and O–H groups in total. The van der Waals surface area contributed by atoms with E-state index in [-0.39, 0.29) is 6.04 Å². The van der Waals surface area contributed by atoms with E-state index >= 15 is 0 Å². The van der Waals surface area contributed by atoms with Crippen molar-refractivity contribution in [2.75, 3.05) is 0 Å². The van der Waals surface area contributed by atoms with Crippen LogP contribution in [0.2, 0.25) is 0 Å². The van der Waals surface area contributed by atoms with Crippen molar-refractivity contribution < 1.29 is 14.4 Å². The summed E-state index contributed by atoms with van der Waals surface area (Å²) in [6.07, 6.45) is 5.16. The summed E-state index contributed by atoms with van der Waals surface area (Å²) in [5.41, 5.74) is 0.604. The largest absolute Gasteiger partial charge is 0.334 e. The molecule has 20 heavy (non-hydrogen) atoms. The molecule has 0 unspecified atom stereocenters. The number of carbonyl (C=O) groups excluding carboxylic acids is 3. The van der Waals surface area contributed by atoms with Gasteiger partial charge in [0, 0.05) is 6.04 Å². The summed E-state index contributed by atoms with van der Waals surface area (Å²) in [4.78, 5) is 37.2. The van der Waals surface area contributed by atoms with Crippen LogP contribution in [0.4, 0.5) is 4.79 Å². The molecule has 1 aliphatic carbocycles. The van der Waals surface area contributed by atoms with Crippen molar-refractivity contribution >= 4 is 17.8 Å². The third kappa shape index (κ3) is 2.09. The third-order valence-corrected chi connectivity index (χ3v) is 3.93. The van der Waals surface area contributed by atoms with E-state index in [4.69, 9.17) is 0 Å². The Morgan fingerprint density at radius 3 is 2.10 bits per heavy atom. The Bertz CT molecular complexity index is 541. The highest BCUT2D eigenvalue weighted by Crippen LogP contribution is 2.23. The average molecular weight is 272 g/mol. The lowest BCUT2D eigenvalue weighted by molar-refractivity contribution is 0.0699. The van der Waals surface area contributed by atoms with Gasteiger partial charge in [-0.1, -0.05) is 31.4 Å². The Labute approximate surface area is 116 Å². The van der Waals surface area contributed by atoms with Gasteiger partial charge in [-0.25, -0.2) is 4.79 Å². The molecular weight excluding hydrogens is 256 g/mol. The molecule has 1 saturated carbocycles. The standard InChI is InChI=1S/C15H16N2O3/c18-13-11-8-4-5-9-12(11)14(19)17(13)15(20)16-10-6-2-1-3-7-10/h4-5,8-10H,1-3,6-7H2,(H,16,20). The number of nitrogens with zero attached hydrogens (tertiary/aromatic N) is 1. The number of imide groups is 3. The van der Waals surface area contributed by atoms with Crippen molar-refractivity contribution in [2.45, 2.75) is 38.1 Å². The number of carbonyl (C=O) groups is 3. The van der Waals surface area contributed by atoms with Gasteiger partial charge in [-0.2, -0.15) is 4.90 Å². The van der Waals surface area contributed by atoms with Crippen LogP contribution in [0.1, 0.15) is 52.8 Å². The van der Waals surface area contributed by atoms with Crippen molar-refractivity contribution in [1.29, 1.82) is 0 Å². The van der Waals surface area contributed by atoms with Gasteiger partial charge >= 0.3 is 6.03 Å². The Morgan fingerprint density at radius 1 is 1.00 bits per heavy atom. The maximum Gasteiger partial charge on any atom is 0.331 e. The van der Waals surface area contributed by atoms with Crippen LogP contribution in [-0.4, -0.2) is 28.8 Å². The Kier molecular flexibility index (Phi) is 3.26. The number of rotatable bonds is 1. The average Bonchev–Trinajstić information content (AvgIpc) is 2.72. The lowest BCUT2D eigenvalue weighted by Crippen LogP contribution is -2.47. The SMILES string of the molecule is O=C(NC1CCCCC1)N1C(=O)c2ccccc2C1=O. The van der Waals surface area contributed by atoms with Gasteiger partial charge in [-0.05, 0) is 25.0 Å². The fourth-order valence-electron chi connectivity index (χ4n) is 2.86. The van der Waals surface area contributed by atoms with Gasteiger partial charge in [0.25, 0.3) is 11.8 Å². The second-order valence-corrected chi connectivity index (χ2v) is 5.28. The Balaban J connectivity index is 1.76. The number of hydrogen-bond acceptors (Lipinski definition) is 3. The number of benzene rings is 1. The lowest BCUT2D eigenvalue weighted by atomic mass is 9.96.